The molecule has 0 spiro atoms. The fourth-order valence-corrected chi connectivity index (χ4v) is 1.54. The minimum absolute atomic E-state index is 0.0533. The number of hydrogen-bond donors (Lipinski definition) is 2. The van der Waals surface area contributed by atoms with Crippen LogP contribution in [-0.4, -0.2) is 19.1 Å². The van der Waals surface area contributed by atoms with Crippen LogP contribution in [0.4, 0.5) is 5.69 Å². The third-order valence-electron chi connectivity index (χ3n) is 2.60. The van der Waals surface area contributed by atoms with Crippen LogP contribution in [0.15, 0.2) is 24.3 Å². The smallest absolute Gasteiger partial charge is 0.257 e. The Balaban J connectivity index is 2.11. The normalized spacial score (nSPS) is 10.1. The summed E-state index contributed by atoms with van der Waals surface area (Å²) in [5, 5.41) is 2.83. The van der Waals surface area contributed by atoms with Crippen molar-refractivity contribution in [2.75, 3.05) is 18.9 Å². The van der Waals surface area contributed by atoms with Gasteiger partial charge in [0.25, 0.3) is 5.91 Å². The number of unbranched alkanes of at least 4 members (excludes halogenated alkanes) is 3. The Labute approximate surface area is 109 Å². The Kier molecular flexibility index (Phi) is 6.69. The van der Waals surface area contributed by atoms with Crippen LogP contribution < -0.4 is 15.8 Å². The van der Waals surface area contributed by atoms with Crippen LogP contribution in [0.2, 0.25) is 0 Å². The Hall–Kier alpha value is -1.71. The summed E-state index contributed by atoms with van der Waals surface area (Å²) in [5.41, 5.74) is 6.24. The lowest BCUT2D eigenvalue weighted by Gasteiger charge is -2.07. The van der Waals surface area contributed by atoms with Gasteiger partial charge in [0.15, 0.2) is 6.61 Å². The average Bonchev–Trinajstić information content (AvgIpc) is 2.38. The van der Waals surface area contributed by atoms with Gasteiger partial charge in [0.1, 0.15) is 5.75 Å². The van der Waals surface area contributed by atoms with Crippen LogP contribution >= 0.6 is 0 Å². The monoisotopic (exact) mass is 250 g/mol. The van der Waals surface area contributed by atoms with Crippen molar-refractivity contribution in [3.05, 3.63) is 24.3 Å². The van der Waals surface area contributed by atoms with Crippen LogP contribution in [0.5, 0.6) is 5.75 Å². The molecule has 1 amide bonds. The first-order valence-corrected chi connectivity index (χ1v) is 6.47. The van der Waals surface area contributed by atoms with Gasteiger partial charge in [-0.2, -0.15) is 0 Å². The molecule has 0 saturated carbocycles. The number of hydrogen-bond acceptors (Lipinski definition) is 3. The highest BCUT2D eigenvalue weighted by Gasteiger charge is 2.01. The minimum Gasteiger partial charge on any atom is -0.484 e. The molecule has 0 unspecified atom stereocenters. The van der Waals surface area contributed by atoms with Crippen molar-refractivity contribution in [3.8, 4) is 5.75 Å². The molecule has 1 rings (SSSR count). The molecule has 0 aliphatic carbocycles. The highest BCUT2D eigenvalue weighted by Crippen LogP contribution is 2.12. The Morgan fingerprint density at radius 3 is 2.61 bits per heavy atom. The number of carbonyl (C=O) groups excluding carboxylic acids is 1. The van der Waals surface area contributed by atoms with E-state index in [1.807, 2.05) is 0 Å². The molecule has 4 heteroatoms. The molecule has 0 bridgehead atoms. The molecule has 1 aromatic rings. The zero-order valence-electron chi connectivity index (χ0n) is 10.9. The summed E-state index contributed by atoms with van der Waals surface area (Å²) in [6.45, 7) is 2.95. The second-order valence-electron chi connectivity index (χ2n) is 4.27. The molecule has 0 aromatic heterocycles. The third kappa shape index (κ3) is 6.13. The molecule has 100 valence electrons. The van der Waals surface area contributed by atoms with Gasteiger partial charge in [-0.1, -0.05) is 26.2 Å². The van der Waals surface area contributed by atoms with Gasteiger partial charge < -0.3 is 15.8 Å². The first-order valence-electron chi connectivity index (χ1n) is 6.47. The van der Waals surface area contributed by atoms with E-state index in [0.29, 0.717) is 11.4 Å². The fourth-order valence-electron chi connectivity index (χ4n) is 1.54. The quantitative estimate of drug-likeness (QED) is 0.550. The molecule has 18 heavy (non-hydrogen) atoms. The second-order valence-corrected chi connectivity index (χ2v) is 4.27. The van der Waals surface area contributed by atoms with E-state index in [1.54, 1.807) is 24.3 Å². The van der Waals surface area contributed by atoms with Crippen LogP contribution in [0.3, 0.4) is 0 Å². The SMILES string of the molecule is CCCCCCNC(=O)COc1ccc(N)cc1. The van der Waals surface area contributed by atoms with E-state index in [9.17, 15) is 4.79 Å². The first-order chi connectivity index (χ1) is 8.72. The third-order valence-corrected chi connectivity index (χ3v) is 2.60. The van der Waals surface area contributed by atoms with Gasteiger partial charge in [0, 0.05) is 12.2 Å². The molecule has 0 fully saturated rings. The molecule has 4 nitrogen and oxygen atoms in total. The van der Waals surface area contributed by atoms with Crippen molar-refractivity contribution in [2.24, 2.45) is 0 Å². The maximum Gasteiger partial charge on any atom is 0.257 e. The van der Waals surface area contributed by atoms with E-state index in [4.69, 9.17) is 10.5 Å². The van der Waals surface area contributed by atoms with Crippen molar-refractivity contribution < 1.29 is 9.53 Å². The zero-order chi connectivity index (χ0) is 13.2. The number of benzene rings is 1. The number of anilines is 1. The Morgan fingerprint density at radius 2 is 1.94 bits per heavy atom. The van der Waals surface area contributed by atoms with E-state index >= 15 is 0 Å². The van der Waals surface area contributed by atoms with Crippen molar-refractivity contribution in [1.29, 1.82) is 0 Å². The van der Waals surface area contributed by atoms with Crippen LogP contribution in [0.1, 0.15) is 32.6 Å². The van der Waals surface area contributed by atoms with Gasteiger partial charge in [-0.15, -0.1) is 0 Å². The molecule has 0 saturated heterocycles. The molecule has 0 heterocycles. The van der Waals surface area contributed by atoms with Gasteiger partial charge in [0.2, 0.25) is 0 Å². The van der Waals surface area contributed by atoms with Gasteiger partial charge in [-0.3, -0.25) is 4.79 Å². The van der Waals surface area contributed by atoms with Crippen LogP contribution in [-0.2, 0) is 4.79 Å². The molecular weight excluding hydrogens is 228 g/mol. The lowest BCUT2D eigenvalue weighted by molar-refractivity contribution is -0.123. The molecule has 0 aliphatic heterocycles. The second kappa shape index (κ2) is 8.39. The minimum atomic E-state index is -0.0803. The summed E-state index contributed by atoms with van der Waals surface area (Å²) in [5.74, 6) is 0.577. The predicted octanol–water partition coefficient (Wildman–Crippen LogP) is 2.34. The highest BCUT2D eigenvalue weighted by atomic mass is 16.5. The van der Waals surface area contributed by atoms with E-state index < -0.39 is 0 Å². The lowest BCUT2D eigenvalue weighted by Crippen LogP contribution is -2.29. The summed E-state index contributed by atoms with van der Waals surface area (Å²) < 4.78 is 5.33. The highest BCUT2D eigenvalue weighted by molar-refractivity contribution is 5.77. The maximum absolute atomic E-state index is 11.5. The van der Waals surface area contributed by atoms with Gasteiger partial charge >= 0.3 is 0 Å². The number of carbonyl (C=O) groups is 1. The van der Waals surface area contributed by atoms with E-state index in [2.05, 4.69) is 12.2 Å². The fraction of sp³-hybridized carbons (Fsp3) is 0.500. The van der Waals surface area contributed by atoms with Crippen molar-refractivity contribution in [2.45, 2.75) is 32.6 Å². The van der Waals surface area contributed by atoms with E-state index in [0.717, 1.165) is 19.4 Å². The lowest BCUT2D eigenvalue weighted by atomic mass is 10.2. The largest absolute Gasteiger partial charge is 0.484 e. The van der Waals surface area contributed by atoms with Gasteiger partial charge in [-0.25, -0.2) is 0 Å². The van der Waals surface area contributed by atoms with Crippen molar-refractivity contribution >= 4 is 11.6 Å². The predicted molar refractivity (Wildman–Crippen MR) is 73.5 cm³/mol. The van der Waals surface area contributed by atoms with E-state index in [-0.39, 0.29) is 12.5 Å². The standard InChI is InChI=1S/C14H22N2O2/c1-2-3-4-5-10-16-14(17)11-18-13-8-6-12(15)7-9-13/h6-9H,2-5,10-11,15H2,1H3,(H,16,17). The number of nitrogen functional groups attached to an aromatic ring is 1. The summed E-state index contributed by atoms with van der Waals surface area (Å²) in [4.78, 5) is 11.5. The first kappa shape index (κ1) is 14.4. The molecule has 0 aliphatic rings. The number of rotatable bonds is 8. The summed E-state index contributed by atoms with van der Waals surface area (Å²) in [6.07, 6.45) is 4.61. The Bertz CT molecular complexity index is 349. The zero-order valence-corrected chi connectivity index (χ0v) is 10.9. The molecule has 0 atom stereocenters. The van der Waals surface area contributed by atoms with Crippen LogP contribution in [0.25, 0.3) is 0 Å². The van der Waals surface area contributed by atoms with Crippen LogP contribution in [0, 0.1) is 0 Å². The van der Waals surface area contributed by atoms with Gasteiger partial charge in [-0.05, 0) is 30.7 Å². The topological polar surface area (TPSA) is 64.3 Å². The van der Waals surface area contributed by atoms with Gasteiger partial charge in [0.05, 0.1) is 0 Å². The van der Waals surface area contributed by atoms with Crippen molar-refractivity contribution in [3.63, 3.8) is 0 Å². The maximum atomic E-state index is 11.5. The summed E-state index contributed by atoms with van der Waals surface area (Å²) in [6, 6.07) is 7.00. The molecule has 0 radical (unpaired) electrons. The number of nitrogens with two attached hydrogens (primary N) is 1. The number of amides is 1. The van der Waals surface area contributed by atoms with Crippen molar-refractivity contribution in [1.82, 2.24) is 5.32 Å². The number of ether oxygens (including phenoxy) is 1. The average molecular weight is 250 g/mol. The van der Waals surface area contributed by atoms with E-state index in [1.165, 1.54) is 12.8 Å². The molecule has 3 N–H and O–H groups in total. The molecule has 1 aromatic carbocycles. The summed E-state index contributed by atoms with van der Waals surface area (Å²) in [7, 11) is 0. The molecular formula is C14H22N2O2. The number of nitrogens with one attached hydrogen (secondary N) is 1. The Morgan fingerprint density at radius 1 is 1.22 bits per heavy atom. The summed E-state index contributed by atoms with van der Waals surface area (Å²) >= 11 is 0.